The highest BCUT2D eigenvalue weighted by Gasteiger charge is 2.44. The summed E-state index contributed by atoms with van der Waals surface area (Å²) in [5, 5.41) is 40.3. The van der Waals surface area contributed by atoms with Gasteiger partial charge in [0, 0.05) is 5.02 Å². The lowest BCUT2D eigenvalue weighted by Gasteiger charge is -2.40. The van der Waals surface area contributed by atoms with Crippen LogP contribution in [0.5, 0.6) is 5.75 Å². The number of rotatable bonds is 9. The van der Waals surface area contributed by atoms with Crippen LogP contribution in [-0.2, 0) is 22.4 Å². The summed E-state index contributed by atoms with van der Waals surface area (Å²) in [7, 11) is 0. The van der Waals surface area contributed by atoms with E-state index in [2.05, 4.69) is 0 Å². The normalized spacial score (nSPS) is 23.1. The number of Topliss-reactive ketones (excluding diaryl/α,β-unsaturated/α-hetero) is 1. The molecule has 0 radical (unpaired) electrons. The quantitative estimate of drug-likeness (QED) is 0.264. The molecule has 216 valence electrons. The monoisotopic (exact) mass is 571 g/mol. The summed E-state index contributed by atoms with van der Waals surface area (Å²) in [6.07, 6.45) is -4.75. The van der Waals surface area contributed by atoms with Crippen LogP contribution in [0.4, 0.5) is 0 Å². The second kappa shape index (κ2) is 15.3. The molecule has 0 saturated carbocycles. The molecule has 1 aliphatic rings. The Labute approximate surface area is 239 Å². The van der Waals surface area contributed by atoms with Gasteiger partial charge >= 0.3 is 0 Å². The predicted molar refractivity (Wildman–Crippen MR) is 153 cm³/mol. The van der Waals surface area contributed by atoms with E-state index < -0.39 is 37.1 Å². The van der Waals surface area contributed by atoms with E-state index in [1.807, 2.05) is 67.6 Å². The van der Waals surface area contributed by atoms with Crippen molar-refractivity contribution in [1.29, 1.82) is 0 Å². The number of aliphatic hydroxyl groups is 4. The highest BCUT2D eigenvalue weighted by Crippen LogP contribution is 2.34. The molecule has 6 N–H and O–H groups in total. The molecular weight excluding hydrogens is 534 g/mol. The SMILES string of the molecule is CC(=O)[C@@H](N)Cc1ccccc1.CCOc1ccc(Cc2cc([C@@H]3O[C@H](CO)[C@@H](O)[C@H](O)[C@H]3O)ccc2Cl)cc1. The minimum Gasteiger partial charge on any atom is -0.494 e. The molecule has 40 heavy (non-hydrogen) atoms. The molecule has 0 spiro atoms. The molecule has 9 heteroatoms. The standard InChI is InChI=1S/C21H25ClO6.C10H13NO/c1-2-27-15-6-3-12(4-7-15)9-14-10-13(5-8-16(14)22)21-20(26)19(25)18(24)17(11-23)28-21;1-8(12)10(11)7-9-5-3-2-4-6-9/h3-8,10,17-21,23-26H,2,9,11H2,1H3;2-6,10H,7,11H2,1H3/t17-,18-,19+,20-,21+;10-/m10/s1. The van der Waals surface area contributed by atoms with Gasteiger partial charge in [-0.15, -0.1) is 0 Å². The molecule has 3 aromatic carbocycles. The number of benzene rings is 3. The van der Waals surface area contributed by atoms with Gasteiger partial charge in [0.25, 0.3) is 0 Å². The van der Waals surface area contributed by atoms with E-state index in [0.29, 0.717) is 30.0 Å². The van der Waals surface area contributed by atoms with Crippen LogP contribution in [0, 0.1) is 0 Å². The van der Waals surface area contributed by atoms with E-state index in [0.717, 1.165) is 22.4 Å². The van der Waals surface area contributed by atoms with Crippen molar-refractivity contribution < 1.29 is 34.7 Å². The van der Waals surface area contributed by atoms with E-state index in [-0.39, 0.29) is 11.8 Å². The smallest absolute Gasteiger partial charge is 0.146 e. The first-order valence-corrected chi connectivity index (χ1v) is 13.6. The molecular formula is C31H38ClNO7. The van der Waals surface area contributed by atoms with Gasteiger partial charge in [-0.3, -0.25) is 4.79 Å². The Kier molecular flexibility index (Phi) is 12.1. The van der Waals surface area contributed by atoms with Crippen molar-refractivity contribution in [1.82, 2.24) is 0 Å². The van der Waals surface area contributed by atoms with Crippen LogP contribution in [-0.4, -0.2) is 69.9 Å². The van der Waals surface area contributed by atoms with Gasteiger partial charge in [0.15, 0.2) is 0 Å². The fraction of sp³-hybridized carbons (Fsp3) is 0.387. The Morgan fingerprint density at radius 3 is 2.25 bits per heavy atom. The van der Waals surface area contributed by atoms with E-state index >= 15 is 0 Å². The first-order valence-electron chi connectivity index (χ1n) is 13.2. The van der Waals surface area contributed by atoms with E-state index in [9.17, 15) is 25.2 Å². The molecule has 6 atom stereocenters. The average Bonchev–Trinajstić information content (AvgIpc) is 2.95. The van der Waals surface area contributed by atoms with Gasteiger partial charge in [0.2, 0.25) is 0 Å². The Hall–Kier alpha value is -2.82. The van der Waals surface area contributed by atoms with Crippen molar-refractivity contribution in [3.63, 3.8) is 0 Å². The van der Waals surface area contributed by atoms with Gasteiger partial charge in [0.1, 0.15) is 42.1 Å². The summed E-state index contributed by atoms with van der Waals surface area (Å²) >= 11 is 6.35. The maximum atomic E-state index is 10.8. The largest absolute Gasteiger partial charge is 0.494 e. The molecule has 4 rings (SSSR count). The summed E-state index contributed by atoms with van der Waals surface area (Å²) in [5.41, 5.74) is 9.20. The summed E-state index contributed by atoms with van der Waals surface area (Å²) in [5.74, 6) is 0.839. The van der Waals surface area contributed by atoms with Gasteiger partial charge in [-0.25, -0.2) is 0 Å². The van der Waals surface area contributed by atoms with Crippen LogP contribution >= 0.6 is 11.6 Å². The zero-order valence-corrected chi connectivity index (χ0v) is 23.4. The number of halogens is 1. The molecule has 1 fully saturated rings. The second-order valence-electron chi connectivity index (χ2n) is 9.76. The third-order valence-corrected chi connectivity index (χ3v) is 7.11. The fourth-order valence-corrected chi connectivity index (χ4v) is 4.57. The number of nitrogens with two attached hydrogens (primary N) is 1. The Morgan fingerprint density at radius 1 is 0.975 bits per heavy atom. The number of aliphatic hydroxyl groups excluding tert-OH is 4. The first-order chi connectivity index (χ1) is 19.1. The molecule has 1 saturated heterocycles. The fourth-order valence-electron chi connectivity index (χ4n) is 4.39. The Morgan fingerprint density at radius 2 is 1.65 bits per heavy atom. The maximum absolute atomic E-state index is 10.8. The molecule has 8 nitrogen and oxygen atoms in total. The molecule has 1 heterocycles. The molecule has 0 unspecified atom stereocenters. The van der Waals surface area contributed by atoms with E-state index in [1.54, 1.807) is 12.1 Å². The minimum atomic E-state index is -1.42. The van der Waals surface area contributed by atoms with Crippen LogP contribution in [0.25, 0.3) is 0 Å². The van der Waals surface area contributed by atoms with Crippen LogP contribution in [0.1, 0.15) is 42.2 Å². The molecule has 3 aromatic rings. The van der Waals surface area contributed by atoms with Gasteiger partial charge in [-0.05, 0) is 67.1 Å². The van der Waals surface area contributed by atoms with Gasteiger partial charge in [-0.1, -0.05) is 66.2 Å². The van der Waals surface area contributed by atoms with Crippen LogP contribution in [0.2, 0.25) is 5.02 Å². The molecule has 0 aliphatic carbocycles. The van der Waals surface area contributed by atoms with Crippen molar-refractivity contribution in [3.8, 4) is 5.75 Å². The van der Waals surface area contributed by atoms with Crippen LogP contribution in [0.15, 0.2) is 72.8 Å². The second-order valence-corrected chi connectivity index (χ2v) is 10.2. The summed E-state index contributed by atoms with van der Waals surface area (Å²) in [6.45, 7) is 3.59. The highest BCUT2D eigenvalue weighted by molar-refractivity contribution is 6.31. The summed E-state index contributed by atoms with van der Waals surface area (Å²) < 4.78 is 11.1. The molecule has 0 aromatic heterocycles. The van der Waals surface area contributed by atoms with Gasteiger partial charge < -0.3 is 35.6 Å². The van der Waals surface area contributed by atoms with Crippen LogP contribution in [0.3, 0.4) is 0 Å². The lowest BCUT2D eigenvalue weighted by atomic mass is 9.90. The summed E-state index contributed by atoms with van der Waals surface area (Å²) in [4.78, 5) is 10.8. The first kappa shape index (κ1) is 31.7. The minimum absolute atomic E-state index is 0.0406. The third-order valence-electron chi connectivity index (χ3n) is 6.74. The zero-order chi connectivity index (χ0) is 29.2. The number of ketones is 1. The Balaban J connectivity index is 0.000000307. The molecule has 1 aliphatic heterocycles. The molecule has 0 amide bonds. The van der Waals surface area contributed by atoms with Crippen molar-refractivity contribution in [2.75, 3.05) is 13.2 Å². The molecule has 0 bridgehead atoms. The number of carbonyl (C=O) groups is 1. The highest BCUT2D eigenvalue weighted by atomic mass is 35.5. The van der Waals surface area contributed by atoms with E-state index in [4.69, 9.17) is 26.8 Å². The predicted octanol–water partition coefficient (Wildman–Crippen LogP) is 2.99. The number of hydrogen-bond donors (Lipinski definition) is 5. The zero-order valence-electron chi connectivity index (χ0n) is 22.7. The summed E-state index contributed by atoms with van der Waals surface area (Å²) in [6, 6.07) is 22.4. The van der Waals surface area contributed by atoms with Gasteiger partial charge in [-0.2, -0.15) is 0 Å². The Bertz CT molecular complexity index is 1210. The van der Waals surface area contributed by atoms with Crippen molar-refractivity contribution in [3.05, 3.63) is 100 Å². The third kappa shape index (κ3) is 8.59. The number of carbonyl (C=O) groups excluding carboxylic acids is 1. The van der Waals surface area contributed by atoms with Crippen molar-refractivity contribution in [2.24, 2.45) is 5.73 Å². The average molecular weight is 572 g/mol. The number of hydrogen-bond acceptors (Lipinski definition) is 8. The van der Waals surface area contributed by atoms with Crippen molar-refractivity contribution >= 4 is 17.4 Å². The lowest BCUT2D eigenvalue weighted by Crippen LogP contribution is -2.55. The maximum Gasteiger partial charge on any atom is 0.146 e. The van der Waals surface area contributed by atoms with E-state index in [1.165, 1.54) is 6.92 Å². The van der Waals surface area contributed by atoms with Crippen LogP contribution < -0.4 is 10.5 Å². The topological polar surface area (TPSA) is 142 Å². The van der Waals surface area contributed by atoms with Gasteiger partial charge in [0.05, 0.1) is 19.3 Å². The van der Waals surface area contributed by atoms with Crippen molar-refractivity contribution in [2.45, 2.75) is 63.3 Å². The lowest BCUT2D eigenvalue weighted by molar-refractivity contribution is -0.231. The number of ether oxygens (including phenoxy) is 2.